The lowest BCUT2D eigenvalue weighted by atomic mass is 10.1. The van der Waals surface area contributed by atoms with Gasteiger partial charge in [-0.1, -0.05) is 13.8 Å². The second-order valence-corrected chi connectivity index (χ2v) is 4.39. The van der Waals surface area contributed by atoms with Gasteiger partial charge in [0.2, 0.25) is 0 Å². The minimum absolute atomic E-state index is 0.158. The van der Waals surface area contributed by atoms with Crippen LogP contribution in [0.1, 0.15) is 20.8 Å². The molecule has 0 bridgehead atoms. The standard InChI is InChI=1S/C9H15NO2/c1-6(11)12-9-5-10-4-7(9)8(9,2)3/h7,10H,4-5H2,1-3H3. The fourth-order valence-electron chi connectivity index (χ4n) is 2.59. The molecule has 0 aromatic rings. The van der Waals surface area contributed by atoms with Gasteiger partial charge < -0.3 is 10.1 Å². The third-order valence-corrected chi connectivity index (χ3v) is 3.50. The van der Waals surface area contributed by atoms with Crippen LogP contribution in [-0.4, -0.2) is 24.7 Å². The van der Waals surface area contributed by atoms with E-state index in [0.717, 1.165) is 13.1 Å². The molecule has 2 unspecified atom stereocenters. The number of carbonyl (C=O) groups is 1. The molecule has 2 rings (SSSR count). The van der Waals surface area contributed by atoms with Gasteiger partial charge in [-0.15, -0.1) is 0 Å². The molecule has 2 fully saturated rings. The third kappa shape index (κ3) is 0.724. The highest BCUT2D eigenvalue weighted by Crippen LogP contribution is 2.65. The average Bonchev–Trinajstić information content (AvgIpc) is 2.31. The minimum Gasteiger partial charge on any atom is -0.457 e. The van der Waals surface area contributed by atoms with E-state index in [1.54, 1.807) is 0 Å². The quantitative estimate of drug-likeness (QED) is 0.582. The topological polar surface area (TPSA) is 38.3 Å². The van der Waals surface area contributed by atoms with Crippen molar-refractivity contribution in [3.05, 3.63) is 0 Å². The van der Waals surface area contributed by atoms with Crippen LogP contribution in [0.2, 0.25) is 0 Å². The third-order valence-electron chi connectivity index (χ3n) is 3.50. The lowest BCUT2D eigenvalue weighted by molar-refractivity contribution is -0.150. The molecule has 2 aliphatic rings. The number of esters is 1. The summed E-state index contributed by atoms with van der Waals surface area (Å²) in [7, 11) is 0. The molecule has 1 heterocycles. The normalized spacial score (nSPS) is 42.1. The summed E-state index contributed by atoms with van der Waals surface area (Å²) < 4.78 is 5.39. The van der Waals surface area contributed by atoms with Crippen molar-refractivity contribution in [2.75, 3.05) is 13.1 Å². The first-order valence-electron chi connectivity index (χ1n) is 4.41. The Balaban J connectivity index is 2.16. The van der Waals surface area contributed by atoms with Crippen molar-refractivity contribution in [1.29, 1.82) is 0 Å². The smallest absolute Gasteiger partial charge is 0.303 e. The molecule has 3 nitrogen and oxygen atoms in total. The predicted molar refractivity (Wildman–Crippen MR) is 44.6 cm³/mol. The lowest BCUT2D eigenvalue weighted by Gasteiger charge is -2.18. The molecule has 1 aliphatic heterocycles. The van der Waals surface area contributed by atoms with Crippen LogP contribution in [0.4, 0.5) is 0 Å². The van der Waals surface area contributed by atoms with Gasteiger partial charge in [0, 0.05) is 31.3 Å². The van der Waals surface area contributed by atoms with Crippen LogP contribution in [0.15, 0.2) is 0 Å². The van der Waals surface area contributed by atoms with E-state index < -0.39 is 0 Å². The zero-order valence-corrected chi connectivity index (χ0v) is 7.81. The number of nitrogens with one attached hydrogen (secondary N) is 1. The molecule has 2 atom stereocenters. The summed E-state index contributed by atoms with van der Waals surface area (Å²) in [4.78, 5) is 10.9. The maximum atomic E-state index is 10.9. The number of piperidine rings is 1. The van der Waals surface area contributed by atoms with Crippen LogP contribution in [0, 0.1) is 11.3 Å². The second-order valence-electron chi connectivity index (χ2n) is 4.39. The van der Waals surface area contributed by atoms with Crippen LogP contribution in [-0.2, 0) is 9.53 Å². The van der Waals surface area contributed by atoms with E-state index in [1.165, 1.54) is 6.92 Å². The lowest BCUT2D eigenvalue weighted by Crippen LogP contribution is -2.32. The molecule has 12 heavy (non-hydrogen) atoms. The monoisotopic (exact) mass is 169 g/mol. The molecule has 0 spiro atoms. The molecule has 0 radical (unpaired) electrons. The van der Waals surface area contributed by atoms with Gasteiger partial charge in [-0.3, -0.25) is 4.79 Å². The van der Waals surface area contributed by atoms with E-state index in [9.17, 15) is 4.79 Å². The Bertz CT molecular complexity index is 237. The summed E-state index contributed by atoms with van der Waals surface area (Å²) in [5, 5.41) is 3.25. The summed E-state index contributed by atoms with van der Waals surface area (Å²) in [6.07, 6.45) is 0. The zero-order chi connectivity index (χ0) is 8.98. The summed E-state index contributed by atoms with van der Waals surface area (Å²) in [5.74, 6) is 0.364. The van der Waals surface area contributed by atoms with Crippen molar-refractivity contribution in [3.8, 4) is 0 Å². The maximum absolute atomic E-state index is 10.9. The molecule has 0 amide bonds. The highest BCUT2D eigenvalue weighted by molar-refractivity contribution is 5.67. The number of rotatable bonds is 1. The molecule has 1 aliphatic carbocycles. The number of hydrogen-bond donors (Lipinski definition) is 1. The molecular formula is C9H15NO2. The van der Waals surface area contributed by atoms with E-state index in [0.29, 0.717) is 5.92 Å². The SMILES string of the molecule is CC(=O)OC12CNCC1C2(C)C. The molecule has 1 N–H and O–H groups in total. The average molecular weight is 169 g/mol. The fraction of sp³-hybridized carbons (Fsp3) is 0.889. The Morgan fingerprint density at radius 3 is 2.67 bits per heavy atom. The zero-order valence-electron chi connectivity index (χ0n) is 7.81. The molecule has 0 aromatic heterocycles. The van der Waals surface area contributed by atoms with Crippen molar-refractivity contribution in [2.45, 2.75) is 26.4 Å². The highest BCUT2D eigenvalue weighted by Gasteiger charge is 2.76. The molecular weight excluding hydrogens is 154 g/mol. The Morgan fingerprint density at radius 1 is 1.58 bits per heavy atom. The van der Waals surface area contributed by atoms with E-state index in [2.05, 4.69) is 19.2 Å². The van der Waals surface area contributed by atoms with E-state index in [-0.39, 0.29) is 17.0 Å². The second kappa shape index (κ2) is 2.02. The van der Waals surface area contributed by atoms with Gasteiger partial charge in [0.25, 0.3) is 0 Å². The number of hydrogen-bond acceptors (Lipinski definition) is 3. The number of fused-ring (bicyclic) bond motifs is 1. The summed E-state index contributed by atoms with van der Waals surface area (Å²) in [6.45, 7) is 7.63. The molecule has 68 valence electrons. The van der Waals surface area contributed by atoms with E-state index in [4.69, 9.17) is 4.74 Å². The summed E-state index contributed by atoms with van der Waals surface area (Å²) >= 11 is 0. The Morgan fingerprint density at radius 2 is 2.25 bits per heavy atom. The highest BCUT2D eigenvalue weighted by atomic mass is 16.6. The molecule has 3 heteroatoms. The van der Waals surface area contributed by atoms with Gasteiger partial charge in [0.1, 0.15) is 5.60 Å². The van der Waals surface area contributed by atoms with Crippen LogP contribution in [0.5, 0.6) is 0 Å². The van der Waals surface area contributed by atoms with Gasteiger partial charge in [0.05, 0.1) is 0 Å². The van der Waals surface area contributed by atoms with Gasteiger partial charge in [0.15, 0.2) is 0 Å². The van der Waals surface area contributed by atoms with Crippen LogP contribution < -0.4 is 5.32 Å². The van der Waals surface area contributed by atoms with Crippen molar-refractivity contribution in [1.82, 2.24) is 5.32 Å². The first-order chi connectivity index (χ1) is 5.51. The molecule has 1 saturated carbocycles. The van der Waals surface area contributed by atoms with Crippen molar-refractivity contribution < 1.29 is 9.53 Å². The minimum atomic E-state index is -0.182. The largest absolute Gasteiger partial charge is 0.457 e. The van der Waals surface area contributed by atoms with E-state index in [1.807, 2.05) is 0 Å². The van der Waals surface area contributed by atoms with E-state index >= 15 is 0 Å². The Hall–Kier alpha value is -0.570. The first kappa shape index (κ1) is 8.05. The predicted octanol–water partition coefficient (Wildman–Crippen LogP) is 0.547. The van der Waals surface area contributed by atoms with Crippen molar-refractivity contribution in [3.63, 3.8) is 0 Å². The Labute approximate surface area is 72.5 Å². The van der Waals surface area contributed by atoms with Gasteiger partial charge in [-0.25, -0.2) is 0 Å². The Kier molecular flexibility index (Phi) is 1.35. The fourth-order valence-corrected chi connectivity index (χ4v) is 2.59. The van der Waals surface area contributed by atoms with Crippen LogP contribution >= 0.6 is 0 Å². The van der Waals surface area contributed by atoms with Crippen molar-refractivity contribution in [2.24, 2.45) is 11.3 Å². The van der Waals surface area contributed by atoms with Gasteiger partial charge in [-0.05, 0) is 0 Å². The number of carbonyl (C=O) groups excluding carboxylic acids is 1. The molecule has 0 aromatic carbocycles. The first-order valence-corrected chi connectivity index (χ1v) is 4.41. The van der Waals surface area contributed by atoms with Gasteiger partial charge in [-0.2, -0.15) is 0 Å². The summed E-state index contributed by atoms with van der Waals surface area (Å²) in [5.41, 5.74) is 0.00273. The van der Waals surface area contributed by atoms with Crippen molar-refractivity contribution >= 4 is 5.97 Å². The summed E-state index contributed by atoms with van der Waals surface area (Å²) in [6, 6.07) is 0. The van der Waals surface area contributed by atoms with Crippen LogP contribution in [0.3, 0.4) is 0 Å². The van der Waals surface area contributed by atoms with Gasteiger partial charge >= 0.3 is 5.97 Å². The molecule has 1 saturated heterocycles. The maximum Gasteiger partial charge on any atom is 0.303 e. The number of ether oxygens (including phenoxy) is 1. The van der Waals surface area contributed by atoms with Crippen LogP contribution in [0.25, 0.3) is 0 Å².